The van der Waals surface area contributed by atoms with Crippen LogP contribution in [-0.4, -0.2) is 0 Å². The second-order valence-corrected chi connectivity index (χ2v) is 3.32. The Balaban J connectivity index is 2.83. The molecule has 1 heteroatoms. The third kappa shape index (κ3) is 1.29. The monoisotopic (exact) mass is 205 g/mol. The van der Waals surface area contributed by atoms with E-state index in [1.54, 1.807) is 0 Å². The molecule has 0 amide bonds. The van der Waals surface area contributed by atoms with Gasteiger partial charge in [-0.1, -0.05) is 40.2 Å². The molecule has 0 heterocycles. The van der Waals surface area contributed by atoms with Gasteiger partial charge in [-0.25, -0.2) is 0 Å². The van der Waals surface area contributed by atoms with Gasteiger partial charge in [0.15, 0.2) is 0 Å². The van der Waals surface area contributed by atoms with Crippen LogP contribution in [0.5, 0.6) is 0 Å². The molecule has 0 atom stereocenters. The largest absolute Gasteiger partial charge is 0.0616 e. The maximum atomic E-state index is 3.40. The molecule has 0 saturated carbocycles. The standard InChI is InChI=1S/C10H6Br/c11-10-6-5-8-3-1-2-4-9(8)7-10/h1-4,6-7H. The van der Waals surface area contributed by atoms with Crippen molar-refractivity contribution in [1.82, 2.24) is 0 Å². The molecule has 0 saturated heterocycles. The van der Waals surface area contributed by atoms with Gasteiger partial charge in [-0.3, -0.25) is 0 Å². The van der Waals surface area contributed by atoms with Crippen molar-refractivity contribution in [3.05, 3.63) is 46.9 Å². The van der Waals surface area contributed by atoms with Gasteiger partial charge in [-0.2, -0.15) is 0 Å². The molecule has 0 aliphatic heterocycles. The molecule has 0 bridgehead atoms. The number of benzene rings is 2. The van der Waals surface area contributed by atoms with E-state index in [-0.39, 0.29) is 0 Å². The van der Waals surface area contributed by atoms with Crippen LogP contribution in [0.2, 0.25) is 0 Å². The predicted molar refractivity (Wildman–Crippen MR) is 50.5 cm³/mol. The number of hydrogen-bond donors (Lipinski definition) is 0. The first kappa shape index (κ1) is 6.86. The zero-order valence-corrected chi connectivity index (χ0v) is 7.43. The van der Waals surface area contributed by atoms with E-state index in [1.807, 2.05) is 18.2 Å². The van der Waals surface area contributed by atoms with Crippen molar-refractivity contribution in [2.24, 2.45) is 0 Å². The van der Waals surface area contributed by atoms with Gasteiger partial charge in [-0.15, -0.1) is 0 Å². The molecule has 0 aliphatic rings. The molecule has 2 rings (SSSR count). The normalized spacial score (nSPS) is 10.3. The van der Waals surface area contributed by atoms with E-state index in [9.17, 15) is 0 Å². The van der Waals surface area contributed by atoms with Crippen LogP contribution in [0, 0.1) is 6.07 Å². The summed E-state index contributed by atoms with van der Waals surface area (Å²) in [6.45, 7) is 0. The first-order valence-corrected chi connectivity index (χ1v) is 4.21. The predicted octanol–water partition coefficient (Wildman–Crippen LogP) is 3.40. The SMILES string of the molecule is Brc1c[c]c2ccccc2c1. The minimum atomic E-state index is 1.08. The molecule has 0 N–H and O–H groups in total. The Hall–Kier alpha value is -0.820. The molecule has 53 valence electrons. The van der Waals surface area contributed by atoms with Gasteiger partial charge in [0.2, 0.25) is 0 Å². The summed E-state index contributed by atoms with van der Waals surface area (Å²) in [4.78, 5) is 0. The summed E-state index contributed by atoms with van der Waals surface area (Å²) in [5, 5.41) is 2.39. The maximum Gasteiger partial charge on any atom is 0.0187 e. The van der Waals surface area contributed by atoms with Gasteiger partial charge in [0, 0.05) is 4.47 Å². The van der Waals surface area contributed by atoms with Crippen molar-refractivity contribution < 1.29 is 0 Å². The van der Waals surface area contributed by atoms with E-state index in [2.05, 4.69) is 40.2 Å². The second kappa shape index (κ2) is 2.67. The zero-order valence-electron chi connectivity index (χ0n) is 5.84. The molecule has 0 aromatic heterocycles. The minimum Gasteiger partial charge on any atom is -0.0616 e. The summed E-state index contributed by atoms with van der Waals surface area (Å²) >= 11 is 3.40. The summed E-state index contributed by atoms with van der Waals surface area (Å²) in [6, 6.07) is 15.4. The molecule has 0 nitrogen and oxygen atoms in total. The summed E-state index contributed by atoms with van der Waals surface area (Å²) in [7, 11) is 0. The third-order valence-electron chi connectivity index (χ3n) is 1.62. The fourth-order valence-electron chi connectivity index (χ4n) is 1.09. The highest BCUT2D eigenvalue weighted by atomic mass is 79.9. The van der Waals surface area contributed by atoms with Crippen LogP contribution in [0.3, 0.4) is 0 Å². The molecular weight excluding hydrogens is 200 g/mol. The quantitative estimate of drug-likeness (QED) is 0.619. The Morgan fingerprint density at radius 1 is 1.18 bits per heavy atom. The molecule has 0 aliphatic carbocycles. The molecule has 2 aromatic carbocycles. The van der Waals surface area contributed by atoms with Crippen molar-refractivity contribution in [3.63, 3.8) is 0 Å². The van der Waals surface area contributed by atoms with E-state index in [0.717, 1.165) is 9.86 Å². The van der Waals surface area contributed by atoms with E-state index >= 15 is 0 Å². The Morgan fingerprint density at radius 3 is 2.91 bits per heavy atom. The Morgan fingerprint density at radius 2 is 2.00 bits per heavy atom. The fraction of sp³-hybridized carbons (Fsp3) is 0. The smallest absolute Gasteiger partial charge is 0.0187 e. The zero-order chi connectivity index (χ0) is 7.68. The van der Waals surface area contributed by atoms with Crippen molar-refractivity contribution in [2.75, 3.05) is 0 Å². The van der Waals surface area contributed by atoms with Gasteiger partial charge in [0.05, 0.1) is 0 Å². The minimum absolute atomic E-state index is 1.08. The van der Waals surface area contributed by atoms with Gasteiger partial charge < -0.3 is 0 Å². The summed E-state index contributed by atoms with van der Waals surface area (Å²) in [5.74, 6) is 0. The molecule has 0 unspecified atom stereocenters. The fourth-order valence-corrected chi connectivity index (χ4v) is 1.45. The Bertz CT molecular complexity index is 379. The first-order chi connectivity index (χ1) is 5.36. The second-order valence-electron chi connectivity index (χ2n) is 2.41. The first-order valence-electron chi connectivity index (χ1n) is 3.42. The van der Waals surface area contributed by atoms with Crippen LogP contribution < -0.4 is 0 Å². The molecule has 2 aromatic rings. The number of fused-ring (bicyclic) bond motifs is 1. The van der Waals surface area contributed by atoms with Crippen molar-refractivity contribution in [2.45, 2.75) is 0 Å². The molecular formula is C10H6Br. The lowest BCUT2D eigenvalue weighted by molar-refractivity contribution is 1.69. The average Bonchev–Trinajstić information content (AvgIpc) is 2.04. The van der Waals surface area contributed by atoms with Crippen LogP contribution in [0.1, 0.15) is 0 Å². The molecule has 1 radical (unpaired) electrons. The lowest BCUT2D eigenvalue weighted by Crippen LogP contribution is -1.70. The van der Waals surface area contributed by atoms with Crippen LogP contribution >= 0.6 is 15.9 Å². The van der Waals surface area contributed by atoms with Crippen molar-refractivity contribution in [3.8, 4) is 0 Å². The lowest BCUT2D eigenvalue weighted by atomic mass is 10.1. The summed E-state index contributed by atoms with van der Waals surface area (Å²) < 4.78 is 1.08. The van der Waals surface area contributed by atoms with E-state index in [0.29, 0.717) is 0 Å². The molecule has 0 spiro atoms. The number of hydrogen-bond acceptors (Lipinski definition) is 0. The molecule has 11 heavy (non-hydrogen) atoms. The Labute approximate surface area is 74.0 Å². The third-order valence-corrected chi connectivity index (χ3v) is 2.08. The van der Waals surface area contributed by atoms with Gasteiger partial charge >= 0.3 is 0 Å². The van der Waals surface area contributed by atoms with Crippen LogP contribution in [0.15, 0.2) is 40.9 Å². The Kier molecular flexibility index (Phi) is 1.66. The number of halogens is 1. The highest BCUT2D eigenvalue weighted by Gasteiger charge is 1.91. The highest BCUT2D eigenvalue weighted by Crippen LogP contribution is 2.18. The van der Waals surface area contributed by atoms with Gasteiger partial charge in [-0.05, 0) is 29.0 Å². The van der Waals surface area contributed by atoms with E-state index in [1.165, 1.54) is 5.39 Å². The maximum absolute atomic E-state index is 3.40. The topological polar surface area (TPSA) is 0 Å². The van der Waals surface area contributed by atoms with Crippen molar-refractivity contribution in [1.29, 1.82) is 0 Å². The van der Waals surface area contributed by atoms with Crippen LogP contribution in [-0.2, 0) is 0 Å². The van der Waals surface area contributed by atoms with E-state index in [4.69, 9.17) is 0 Å². The van der Waals surface area contributed by atoms with Crippen LogP contribution in [0.4, 0.5) is 0 Å². The van der Waals surface area contributed by atoms with Crippen LogP contribution in [0.25, 0.3) is 10.8 Å². The van der Waals surface area contributed by atoms with Gasteiger partial charge in [0.25, 0.3) is 0 Å². The van der Waals surface area contributed by atoms with Gasteiger partial charge in [0.1, 0.15) is 0 Å². The van der Waals surface area contributed by atoms with E-state index < -0.39 is 0 Å². The summed E-state index contributed by atoms with van der Waals surface area (Å²) in [6.07, 6.45) is 0. The highest BCUT2D eigenvalue weighted by molar-refractivity contribution is 9.10. The number of rotatable bonds is 0. The lowest BCUT2D eigenvalue weighted by Gasteiger charge is -1.95. The molecule has 0 fully saturated rings. The average molecular weight is 206 g/mol. The summed E-state index contributed by atoms with van der Waals surface area (Å²) in [5.41, 5.74) is 0. The van der Waals surface area contributed by atoms with Crippen molar-refractivity contribution >= 4 is 26.7 Å².